The fourth-order valence-corrected chi connectivity index (χ4v) is 2.13. The topological polar surface area (TPSA) is 84.7 Å². The van der Waals surface area contributed by atoms with Crippen LogP contribution >= 0.6 is 11.3 Å². The van der Waals surface area contributed by atoms with Gasteiger partial charge in [-0.15, -0.1) is 11.3 Å². The summed E-state index contributed by atoms with van der Waals surface area (Å²) in [7, 11) is 3.50. The predicted octanol–water partition coefficient (Wildman–Crippen LogP) is 0.552. The van der Waals surface area contributed by atoms with Gasteiger partial charge in [-0.25, -0.2) is 14.6 Å². The van der Waals surface area contributed by atoms with Crippen LogP contribution in [0.3, 0.4) is 0 Å². The molecular weight excluding hydrogens is 252 g/mol. The quantitative estimate of drug-likeness (QED) is 0.844. The molecule has 7 nitrogen and oxygen atoms in total. The summed E-state index contributed by atoms with van der Waals surface area (Å²) >= 11 is 1.50. The van der Waals surface area contributed by atoms with Crippen molar-refractivity contribution in [3.8, 4) is 0 Å². The smallest absolute Gasteiger partial charge is 0.289 e. The summed E-state index contributed by atoms with van der Waals surface area (Å²) in [6.45, 7) is 2.12. The lowest BCUT2D eigenvalue weighted by atomic mass is 10.4. The molecule has 0 saturated carbocycles. The summed E-state index contributed by atoms with van der Waals surface area (Å²) < 4.78 is 1.46. The van der Waals surface area contributed by atoms with Crippen LogP contribution in [0.2, 0.25) is 0 Å². The average Bonchev–Trinajstić information content (AvgIpc) is 2.92. The summed E-state index contributed by atoms with van der Waals surface area (Å²) in [6, 6.07) is 0. The molecule has 0 aliphatic carbocycles. The van der Waals surface area contributed by atoms with Gasteiger partial charge < -0.3 is 10.6 Å². The second kappa shape index (κ2) is 5.13. The molecule has 0 atom stereocenters. The van der Waals surface area contributed by atoms with Crippen LogP contribution in [-0.2, 0) is 13.6 Å². The van der Waals surface area contributed by atoms with E-state index in [0.717, 1.165) is 10.8 Å². The van der Waals surface area contributed by atoms with Crippen LogP contribution in [0.25, 0.3) is 0 Å². The second-order valence-corrected chi connectivity index (χ2v) is 4.54. The maximum absolute atomic E-state index is 11.9. The van der Waals surface area contributed by atoms with Crippen LogP contribution in [0.15, 0.2) is 5.38 Å². The molecule has 2 rings (SSSR count). The SMILES string of the molecule is CNc1nc(CNC(=O)c2nc(C)nn2C)cs1. The number of hydrogen-bond acceptors (Lipinski definition) is 6. The van der Waals surface area contributed by atoms with Gasteiger partial charge in [-0.3, -0.25) is 4.79 Å². The second-order valence-electron chi connectivity index (χ2n) is 3.68. The van der Waals surface area contributed by atoms with Crippen molar-refractivity contribution in [1.29, 1.82) is 0 Å². The van der Waals surface area contributed by atoms with E-state index in [1.54, 1.807) is 14.0 Å². The highest BCUT2D eigenvalue weighted by Crippen LogP contribution is 2.13. The Kier molecular flexibility index (Phi) is 3.56. The lowest BCUT2D eigenvalue weighted by molar-refractivity contribution is 0.0936. The summed E-state index contributed by atoms with van der Waals surface area (Å²) in [5.41, 5.74) is 0.816. The number of carbonyl (C=O) groups is 1. The number of nitrogens with one attached hydrogen (secondary N) is 2. The van der Waals surface area contributed by atoms with Crippen LogP contribution < -0.4 is 10.6 Å². The number of aryl methyl sites for hydroxylation is 2. The van der Waals surface area contributed by atoms with Crippen LogP contribution in [0.5, 0.6) is 0 Å². The third kappa shape index (κ3) is 2.65. The maximum Gasteiger partial charge on any atom is 0.289 e. The predicted molar refractivity (Wildman–Crippen MR) is 68.6 cm³/mol. The van der Waals surface area contributed by atoms with Crippen molar-refractivity contribution < 1.29 is 4.79 Å². The van der Waals surface area contributed by atoms with E-state index in [9.17, 15) is 4.79 Å². The number of amides is 1. The average molecular weight is 266 g/mol. The van der Waals surface area contributed by atoms with Crippen molar-refractivity contribution in [3.05, 3.63) is 22.7 Å². The molecule has 0 aliphatic rings. The Labute approximate surface area is 108 Å². The zero-order valence-electron chi connectivity index (χ0n) is 10.4. The van der Waals surface area contributed by atoms with E-state index < -0.39 is 0 Å². The number of carbonyl (C=O) groups excluding carboxylic acids is 1. The van der Waals surface area contributed by atoms with Gasteiger partial charge >= 0.3 is 0 Å². The van der Waals surface area contributed by atoms with Crippen molar-refractivity contribution in [2.24, 2.45) is 7.05 Å². The Morgan fingerprint density at radius 2 is 2.28 bits per heavy atom. The highest BCUT2D eigenvalue weighted by molar-refractivity contribution is 7.13. The molecule has 2 aromatic rings. The van der Waals surface area contributed by atoms with Crippen LogP contribution in [0.4, 0.5) is 5.13 Å². The molecule has 1 amide bonds. The molecule has 2 heterocycles. The molecule has 0 unspecified atom stereocenters. The summed E-state index contributed by atoms with van der Waals surface area (Å²) in [6.07, 6.45) is 0. The van der Waals surface area contributed by atoms with Crippen molar-refractivity contribution in [2.75, 3.05) is 12.4 Å². The van der Waals surface area contributed by atoms with Gasteiger partial charge in [0.1, 0.15) is 5.82 Å². The Morgan fingerprint density at radius 1 is 1.50 bits per heavy atom. The third-order valence-corrected chi connectivity index (χ3v) is 3.18. The van der Waals surface area contributed by atoms with Crippen molar-refractivity contribution in [3.63, 3.8) is 0 Å². The Hall–Kier alpha value is -1.96. The summed E-state index contributed by atoms with van der Waals surface area (Å²) in [5.74, 6) is 0.627. The minimum absolute atomic E-state index is 0.253. The monoisotopic (exact) mass is 266 g/mol. The minimum Gasteiger partial charge on any atom is -0.365 e. The first kappa shape index (κ1) is 12.5. The minimum atomic E-state index is -0.253. The van der Waals surface area contributed by atoms with Gasteiger partial charge in [-0.2, -0.15) is 5.10 Å². The Morgan fingerprint density at radius 3 is 2.83 bits per heavy atom. The maximum atomic E-state index is 11.9. The van der Waals surface area contributed by atoms with Crippen molar-refractivity contribution in [1.82, 2.24) is 25.1 Å². The molecule has 8 heteroatoms. The Balaban J connectivity index is 1.98. The molecule has 18 heavy (non-hydrogen) atoms. The van der Waals surface area contributed by atoms with Gasteiger partial charge in [-0.1, -0.05) is 0 Å². The first-order valence-electron chi connectivity index (χ1n) is 5.38. The lowest BCUT2D eigenvalue weighted by Gasteiger charge is -2.01. The van der Waals surface area contributed by atoms with Gasteiger partial charge in [0.25, 0.3) is 5.91 Å². The number of aromatic nitrogens is 4. The fourth-order valence-electron chi connectivity index (χ4n) is 1.46. The molecule has 0 spiro atoms. The van der Waals surface area contributed by atoms with E-state index in [4.69, 9.17) is 0 Å². The molecule has 0 fully saturated rings. The normalized spacial score (nSPS) is 10.4. The van der Waals surface area contributed by atoms with Crippen LogP contribution in [0, 0.1) is 6.92 Å². The number of anilines is 1. The van der Waals surface area contributed by atoms with E-state index >= 15 is 0 Å². The fraction of sp³-hybridized carbons (Fsp3) is 0.400. The van der Waals surface area contributed by atoms with Gasteiger partial charge in [0.2, 0.25) is 5.82 Å². The highest BCUT2D eigenvalue weighted by atomic mass is 32.1. The number of hydrogen-bond donors (Lipinski definition) is 2. The summed E-state index contributed by atoms with van der Waals surface area (Å²) in [5, 5.41) is 12.5. The van der Waals surface area contributed by atoms with Crippen LogP contribution in [0.1, 0.15) is 22.1 Å². The highest BCUT2D eigenvalue weighted by Gasteiger charge is 2.13. The zero-order chi connectivity index (χ0) is 13.1. The van der Waals surface area contributed by atoms with E-state index in [1.807, 2.05) is 12.4 Å². The third-order valence-electron chi connectivity index (χ3n) is 2.27. The molecule has 2 N–H and O–H groups in total. The molecule has 0 aromatic carbocycles. The zero-order valence-corrected chi connectivity index (χ0v) is 11.2. The van der Waals surface area contributed by atoms with Gasteiger partial charge in [0.05, 0.1) is 12.2 Å². The molecule has 0 bridgehead atoms. The first-order chi connectivity index (χ1) is 8.60. The number of thiazole rings is 1. The van der Waals surface area contributed by atoms with Crippen molar-refractivity contribution in [2.45, 2.75) is 13.5 Å². The molecule has 2 aromatic heterocycles. The van der Waals surface area contributed by atoms with E-state index in [-0.39, 0.29) is 5.91 Å². The summed E-state index contributed by atoms with van der Waals surface area (Å²) in [4.78, 5) is 20.2. The molecule has 0 aliphatic heterocycles. The van der Waals surface area contributed by atoms with E-state index in [2.05, 4.69) is 25.7 Å². The molecule has 0 radical (unpaired) electrons. The van der Waals surface area contributed by atoms with Crippen molar-refractivity contribution >= 4 is 22.4 Å². The van der Waals surface area contributed by atoms with E-state index in [1.165, 1.54) is 16.0 Å². The standard InChI is InChI=1S/C10H14N6OS/c1-6-13-8(16(3)15-6)9(17)12-4-7-5-18-10(11-2)14-7/h5H,4H2,1-3H3,(H,11,14)(H,12,17). The van der Waals surface area contributed by atoms with Gasteiger partial charge in [0.15, 0.2) is 5.13 Å². The number of rotatable bonds is 4. The molecule has 0 saturated heterocycles. The van der Waals surface area contributed by atoms with E-state index in [0.29, 0.717) is 18.2 Å². The first-order valence-corrected chi connectivity index (χ1v) is 6.26. The van der Waals surface area contributed by atoms with Gasteiger partial charge in [-0.05, 0) is 6.92 Å². The van der Waals surface area contributed by atoms with Gasteiger partial charge in [0, 0.05) is 19.5 Å². The molecular formula is C10H14N6OS. The Bertz CT molecular complexity index is 560. The van der Waals surface area contributed by atoms with Crippen LogP contribution in [-0.4, -0.2) is 32.7 Å². The lowest BCUT2D eigenvalue weighted by Crippen LogP contribution is -2.26. The number of nitrogens with zero attached hydrogens (tertiary/aromatic N) is 4. The largest absolute Gasteiger partial charge is 0.365 e. The molecule has 96 valence electrons.